The number of hydrogen-bond donors (Lipinski definition) is 0. The Labute approximate surface area is 191 Å². The Morgan fingerprint density at radius 2 is 1.72 bits per heavy atom. The van der Waals surface area contributed by atoms with Crippen LogP contribution in [0.2, 0.25) is 0 Å². The fraction of sp³-hybridized carbons (Fsp3) is 0.208. The number of fused-ring (bicyclic) bond motifs is 2. The van der Waals surface area contributed by atoms with Gasteiger partial charge in [-0.05, 0) is 48.4 Å². The third kappa shape index (κ3) is 3.43. The SMILES string of the molecule is COc1ccc(S(=O)(=O)N2CCc3ccccc32)cc1C(=O)N1CCSc2ccccc21. The van der Waals surface area contributed by atoms with Gasteiger partial charge in [-0.25, -0.2) is 8.42 Å². The van der Waals surface area contributed by atoms with Gasteiger partial charge in [0, 0.05) is 23.7 Å². The van der Waals surface area contributed by atoms with Crippen LogP contribution in [0.3, 0.4) is 0 Å². The minimum absolute atomic E-state index is 0.0815. The summed E-state index contributed by atoms with van der Waals surface area (Å²) in [7, 11) is -2.34. The Hall–Kier alpha value is -2.97. The third-order valence-electron chi connectivity index (χ3n) is 5.81. The topological polar surface area (TPSA) is 66.9 Å². The van der Waals surface area contributed by atoms with Crippen LogP contribution < -0.4 is 13.9 Å². The lowest BCUT2D eigenvalue weighted by molar-refractivity contribution is 0.0984. The van der Waals surface area contributed by atoms with E-state index in [0.29, 0.717) is 30.9 Å². The van der Waals surface area contributed by atoms with E-state index >= 15 is 0 Å². The molecule has 3 aromatic carbocycles. The van der Waals surface area contributed by atoms with Crippen LogP contribution in [0.1, 0.15) is 15.9 Å². The predicted molar refractivity (Wildman–Crippen MR) is 127 cm³/mol. The summed E-state index contributed by atoms with van der Waals surface area (Å²) in [5, 5.41) is 0. The molecule has 0 aliphatic carbocycles. The van der Waals surface area contributed by atoms with Crippen LogP contribution >= 0.6 is 11.8 Å². The number of sulfonamides is 1. The largest absolute Gasteiger partial charge is 0.496 e. The van der Waals surface area contributed by atoms with Gasteiger partial charge in [0.1, 0.15) is 5.75 Å². The maximum Gasteiger partial charge on any atom is 0.264 e. The van der Waals surface area contributed by atoms with Crippen molar-refractivity contribution >= 4 is 39.1 Å². The van der Waals surface area contributed by atoms with Gasteiger partial charge in [-0.1, -0.05) is 30.3 Å². The lowest BCUT2D eigenvalue weighted by Gasteiger charge is -2.29. The standard InChI is InChI=1S/C24H22N2O4S2/c1-30-22-11-10-18(32(28,29)26-13-12-17-6-2-3-7-20(17)26)16-19(22)24(27)25-14-15-31-23-9-5-4-8-21(23)25/h2-11,16H,12-15H2,1H3. The Morgan fingerprint density at radius 1 is 0.969 bits per heavy atom. The van der Waals surface area contributed by atoms with E-state index in [-0.39, 0.29) is 16.4 Å². The van der Waals surface area contributed by atoms with Crippen molar-refractivity contribution in [1.29, 1.82) is 0 Å². The first-order valence-electron chi connectivity index (χ1n) is 10.3. The molecule has 0 aromatic heterocycles. The van der Waals surface area contributed by atoms with Crippen molar-refractivity contribution in [3.05, 3.63) is 77.9 Å². The number of carbonyl (C=O) groups is 1. The molecule has 0 saturated carbocycles. The second-order valence-electron chi connectivity index (χ2n) is 7.59. The molecule has 1 amide bonds. The summed E-state index contributed by atoms with van der Waals surface area (Å²) in [4.78, 5) is 16.4. The van der Waals surface area contributed by atoms with Gasteiger partial charge in [0.2, 0.25) is 0 Å². The summed E-state index contributed by atoms with van der Waals surface area (Å²) in [5.74, 6) is 0.855. The van der Waals surface area contributed by atoms with Crippen LogP contribution in [0.25, 0.3) is 0 Å². The number of hydrogen-bond acceptors (Lipinski definition) is 5. The number of carbonyl (C=O) groups excluding carboxylic acids is 1. The number of rotatable bonds is 4. The number of para-hydroxylation sites is 2. The molecule has 164 valence electrons. The molecule has 0 fully saturated rings. The Bertz CT molecular complexity index is 1310. The molecular weight excluding hydrogens is 444 g/mol. The summed E-state index contributed by atoms with van der Waals surface area (Å²) in [5.41, 5.74) is 2.77. The van der Waals surface area contributed by atoms with Crippen LogP contribution in [0.4, 0.5) is 11.4 Å². The minimum Gasteiger partial charge on any atom is -0.496 e. The molecule has 6 nitrogen and oxygen atoms in total. The number of amides is 1. The fourth-order valence-electron chi connectivity index (χ4n) is 4.23. The quantitative estimate of drug-likeness (QED) is 0.577. The molecule has 8 heteroatoms. The molecule has 0 radical (unpaired) electrons. The van der Waals surface area contributed by atoms with E-state index in [2.05, 4.69) is 0 Å². The van der Waals surface area contributed by atoms with Gasteiger partial charge in [0.25, 0.3) is 15.9 Å². The first-order valence-corrected chi connectivity index (χ1v) is 12.8. The highest BCUT2D eigenvalue weighted by molar-refractivity contribution is 7.99. The van der Waals surface area contributed by atoms with Gasteiger partial charge in [-0.3, -0.25) is 9.10 Å². The minimum atomic E-state index is -3.82. The highest BCUT2D eigenvalue weighted by Gasteiger charge is 2.33. The molecule has 0 N–H and O–H groups in total. The number of nitrogens with zero attached hydrogens (tertiary/aromatic N) is 2. The molecule has 0 bridgehead atoms. The second-order valence-corrected chi connectivity index (χ2v) is 10.6. The summed E-state index contributed by atoms with van der Waals surface area (Å²) in [6.45, 7) is 0.924. The van der Waals surface area contributed by atoms with E-state index in [9.17, 15) is 13.2 Å². The number of methoxy groups -OCH3 is 1. The number of anilines is 2. The van der Waals surface area contributed by atoms with Gasteiger partial charge in [0.05, 0.1) is 28.9 Å². The van der Waals surface area contributed by atoms with Crippen molar-refractivity contribution in [2.75, 3.05) is 35.2 Å². The second kappa shape index (κ2) is 8.18. The number of thioether (sulfide) groups is 1. The zero-order chi connectivity index (χ0) is 22.3. The lowest BCUT2D eigenvalue weighted by Crippen LogP contribution is -2.36. The van der Waals surface area contributed by atoms with Gasteiger partial charge in [0.15, 0.2) is 0 Å². The molecule has 3 aromatic rings. The van der Waals surface area contributed by atoms with Crippen molar-refractivity contribution in [2.45, 2.75) is 16.2 Å². The first kappa shape index (κ1) is 20.9. The van der Waals surface area contributed by atoms with Crippen molar-refractivity contribution in [3.63, 3.8) is 0 Å². The number of benzene rings is 3. The smallest absolute Gasteiger partial charge is 0.264 e. The van der Waals surface area contributed by atoms with Crippen molar-refractivity contribution in [3.8, 4) is 5.75 Å². The summed E-state index contributed by atoms with van der Waals surface area (Å²) in [6, 6.07) is 19.8. The van der Waals surface area contributed by atoms with Crippen LogP contribution in [0.15, 0.2) is 76.5 Å². The van der Waals surface area contributed by atoms with Gasteiger partial charge < -0.3 is 9.64 Å². The highest BCUT2D eigenvalue weighted by Crippen LogP contribution is 2.37. The van der Waals surface area contributed by atoms with Crippen molar-refractivity contribution in [2.24, 2.45) is 0 Å². The molecule has 0 saturated heterocycles. The van der Waals surface area contributed by atoms with E-state index in [1.54, 1.807) is 22.7 Å². The molecule has 0 atom stereocenters. The predicted octanol–water partition coefficient (Wildman–Crippen LogP) is 4.20. The normalized spacial score (nSPS) is 15.3. The Morgan fingerprint density at radius 3 is 2.53 bits per heavy atom. The maximum atomic E-state index is 13.6. The van der Waals surface area contributed by atoms with E-state index in [1.807, 2.05) is 48.5 Å². The monoisotopic (exact) mass is 466 g/mol. The average molecular weight is 467 g/mol. The van der Waals surface area contributed by atoms with Crippen molar-refractivity contribution in [1.82, 2.24) is 0 Å². The molecule has 2 aliphatic heterocycles. The molecular formula is C24H22N2O4S2. The van der Waals surface area contributed by atoms with Gasteiger partial charge in [-0.15, -0.1) is 11.8 Å². The Kier molecular flexibility index (Phi) is 5.35. The average Bonchev–Trinajstić information content (AvgIpc) is 3.28. The zero-order valence-corrected chi connectivity index (χ0v) is 19.2. The molecule has 5 rings (SSSR count). The molecule has 2 aliphatic rings. The summed E-state index contributed by atoms with van der Waals surface area (Å²) < 4.78 is 33.9. The van der Waals surface area contributed by atoms with Gasteiger partial charge in [-0.2, -0.15) is 0 Å². The molecule has 32 heavy (non-hydrogen) atoms. The third-order valence-corrected chi connectivity index (χ3v) is 8.66. The molecule has 0 spiro atoms. The first-order chi connectivity index (χ1) is 15.5. The van der Waals surface area contributed by atoms with E-state index in [1.165, 1.54) is 23.5 Å². The summed E-state index contributed by atoms with van der Waals surface area (Å²) >= 11 is 1.71. The van der Waals surface area contributed by atoms with Crippen molar-refractivity contribution < 1.29 is 17.9 Å². The lowest BCUT2D eigenvalue weighted by atomic mass is 10.1. The van der Waals surface area contributed by atoms with Crippen LogP contribution in [-0.4, -0.2) is 40.3 Å². The Balaban J connectivity index is 1.55. The fourth-order valence-corrected chi connectivity index (χ4v) is 6.75. The number of ether oxygens (including phenoxy) is 1. The molecule has 0 unspecified atom stereocenters. The maximum absolute atomic E-state index is 13.6. The summed E-state index contributed by atoms with van der Waals surface area (Å²) in [6.07, 6.45) is 0.666. The van der Waals surface area contributed by atoms with E-state index in [4.69, 9.17) is 4.74 Å². The highest BCUT2D eigenvalue weighted by atomic mass is 32.2. The zero-order valence-electron chi connectivity index (χ0n) is 17.5. The molecule has 2 heterocycles. The van der Waals surface area contributed by atoms with Crippen LogP contribution in [0.5, 0.6) is 5.75 Å². The van der Waals surface area contributed by atoms with E-state index < -0.39 is 10.0 Å². The van der Waals surface area contributed by atoms with E-state index in [0.717, 1.165) is 21.9 Å². The van der Waals surface area contributed by atoms with Crippen LogP contribution in [0, 0.1) is 0 Å². The van der Waals surface area contributed by atoms with Gasteiger partial charge >= 0.3 is 0 Å². The van der Waals surface area contributed by atoms with Crippen LogP contribution in [-0.2, 0) is 16.4 Å².